The van der Waals surface area contributed by atoms with Crippen LogP contribution in [0, 0.1) is 11.8 Å². The fourth-order valence-corrected chi connectivity index (χ4v) is 3.03. The molecule has 0 spiro atoms. The van der Waals surface area contributed by atoms with Gasteiger partial charge in [-0.3, -0.25) is 0 Å². The summed E-state index contributed by atoms with van der Waals surface area (Å²) < 4.78 is 0. The van der Waals surface area contributed by atoms with Gasteiger partial charge in [-0.05, 0) is 0 Å². The zero-order valence-electron chi connectivity index (χ0n) is 7.40. The van der Waals surface area contributed by atoms with Gasteiger partial charge in [0.1, 0.15) is 0 Å². The molecule has 1 heterocycles. The molecule has 0 bridgehead atoms. The number of hydrogen-bond acceptors (Lipinski definition) is 1. The molecule has 1 aromatic carbocycles. The van der Waals surface area contributed by atoms with Gasteiger partial charge in [0.2, 0.25) is 0 Å². The summed E-state index contributed by atoms with van der Waals surface area (Å²) in [6.07, 6.45) is 0. The SMILES string of the molecule is Sc1c[se]cc1C#Cc1ccccc1. The molecule has 1 aromatic heterocycles. The number of benzene rings is 1. The summed E-state index contributed by atoms with van der Waals surface area (Å²) in [5.74, 6) is 6.25. The Hall–Kier alpha value is -0.871. The molecule has 0 saturated heterocycles. The molecule has 2 rings (SSSR count). The number of thiol groups is 1. The second kappa shape index (κ2) is 4.57. The van der Waals surface area contributed by atoms with Crippen LogP contribution < -0.4 is 0 Å². The molecule has 0 aliphatic carbocycles. The summed E-state index contributed by atoms with van der Waals surface area (Å²) in [5.41, 5.74) is 2.12. The molecule has 2 heteroatoms. The third-order valence-corrected chi connectivity index (χ3v) is 4.08. The zero-order chi connectivity index (χ0) is 9.80. The third kappa shape index (κ3) is 2.33. The molecule has 0 nitrogen and oxygen atoms in total. The Morgan fingerprint density at radius 2 is 1.79 bits per heavy atom. The molecule has 2 aromatic rings. The van der Waals surface area contributed by atoms with Gasteiger partial charge in [-0.25, -0.2) is 0 Å². The van der Waals surface area contributed by atoms with Crippen molar-refractivity contribution in [2.75, 3.05) is 0 Å². The average Bonchev–Trinajstić information content (AvgIpc) is 2.63. The normalized spacial score (nSPS) is 9.21. The van der Waals surface area contributed by atoms with Crippen molar-refractivity contribution < 1.29 is 0 Å². The van der Waals surface area contributed by atoms with Crippen molar-refractivity contribution in [2.24, 2.45) is 0 Å². The fourth-order valence-electron chi connectivity index (χ4n) is 1.04. The molecule has 14 heavy (non-hydrogen) atoms. The molecule has 68 valence electrons. The first-order valence-electron chi connectivity index (χ1n) is 4.18. The molecule has 0 saturated carbocycles. The van der Waals surface area contributed by atoms with Crippen molar-refractivity contribution in [3.05, 3.63) is 51.3 Å². The van der Waals surface area contributed by atoms with E-state index in [0.717, 1.165) is 16.0 Å². The van der Waals surface area contributed by atoms with Gasteiger partial charge in [0.15, 0.2) is 0 Å². The zero-order valence-corrected chi connectivity index (χ0v) is 10.0. The van der Waals surface area contributed by atoms with E-state index in [1.54, 1.807) is 0 Å². The van der Waals surface area contributed by atoms with Crippen LogP contribution in [0.2, 0.25) is 0 Å². The minimum absolute atomic E-state index is 0.456. The Morgan fingerprint density at radius 3 is 2.43 bits per heavy atom. The molecular weight excluding hydrogens is 255 g/mol. The van der Waals surface area contributed by atoms with Crippen LogP contribution >= 0.6 is 12.6 Å². The van der Waals surface area contributed by atoms with Gasteiger partial charge in [0.05, 0.1) is 0 Å². The van der Waals surface area contributed by atoms with Crippen molar-refractivity contribution in [3.8, 4) is 11.8 Å². The first-order valence-corrected chi connectivity index (χ1v) is 6.61. The Morgan fingerprint density at radius 1 is 1.00 bits per heavy atom. The van der Waals surface area contributed by atoms with Crippen molar-refractivity contribution in [3.63, 3.8) is 0 Å². The predicted molar refractivity (Wildman–Crippen MR) is 63.1 cm³/mol. The molecule has 0 N–H and O–H groups in total. The average molecular weight is 263 g/mol. The first kappa shape index (κ1) is 9.68. The van der Waals surface area contributed by atoms with E-state index < -0.39 is 0 Å². The molecule has 0 amide bonds. The molecule has 0 aliphatic rings. The van der Waals surface area contributed by atoms with E-state index in [0.29, 0.717) is 14.5 Å². The molecule has 0 unspecified atom stereocenters. The molecule has 0 fully saturated rings. The van der Waals surface area contributed by atoms with Crippen LogP contribution in [0.1, 0.15) is 11.1 Å². The maximum atomic E-state index is 4.34. The Bertz CT molecular complexity index is 474. The van der Waals surface area contributed by atoms with Crippen LogP contribution in [0.15, 0.2) is 45.1 Å². The Labute approximate surface area is 95.1 Å². The summed E-state index contributed by atoms with van der Waals surface area (Å²) in [6, 6.07) is 10.0. The summed E-state index contributed by atoms with van der Waals surface area (Å²) in [5, 5.41) is 0. The molecule has 0 atom stereocenters. The van der Waals surface area contributed by atoms with Gasteiger partial charge < -0.3 is 0 Å². The molecule has 0 aliphatic heterocycles. The second-order valence-electron chi connectivity index (χ2n) is 2.79. The van der Waals surface area contributed by atoms with Crippen LogP contribution in [0.25, 0.3) is 0 Å². The van der Waals surface area contributed by atoms with Gasteiger partial charge >= 0.3 is 95.2 Å². The first-order chi connectivity index (χ1) is 6.86. The van der Waals surface area contributed by atoms with Crippen molar-refractivity contribution in [1.29, 1.82) is 0 Å². The van der Waals surface area contributed by atoms with Gasteiger partial charge in [0, 0.05) is 0 Å². The van der Waals surface area contributed by atoms with Crippen LogP contribution in [0.3, 0.4) is 0 Å². The minimum atomic E-state index is 0.456. The van der Waals surface area contributed by atoms with Crippen molar-refractivity contribution in [1.82, 2.24) is 0 Å². The van der Waals surface area contributed by atoms with E-state index in [2.05, 4.69) is 34.4 Å². The van der Waals surface area contributed by atoms with Crippen LogP contribution in [-0.2, 0) is 0 Å². The monoisotopic (exact) mass is 264 g/mol. The van der Waals surface area contributed by atoms with Crippen molar-refractivity contribution >= 4 is 27.1 Å². The van der Waals surface area contributed by atoms with Crippen LogP contribution in [0.5, 0.6) is 0 Å². The standard InChI is InChI=1S/C12H8SSe/c13-12-9-14-8-11(12)7-6-10-4-2-1-3-5-10/h1-5,8-9,13H. The summed E-state index contributed by atoms with van der Waals surface area (Å²) >= 11 is 4.80. The summed E-state index contributed by atoms with van der Waals surface area (Å²) in [7, 11) is 0. The predicted octanol–water partition coefficient (Wildman–Crippen LogP) is 2.43. The molecular formula is C12H8SSe. The quantitative estimate of drug-likeness (QED) is 0.421. The van der Waals surface area contributed by atoms with Crippen molar-refractivity contribution in [2.45, 2.75) is 4.90 Å². The summed E-state index contributed by atoms with van der Waals surface area (Å²) in [4.78, 5) is 5.31. The molecule has 0 radical (unpaired) electrons. The van der Waals surface area contributed by atoms with E-state index in [4.69, 9.17) is 0 Å². The van der Waals surface area contributed by atoms with E-state index in [1.165, 1.54) is 0 Å². The van der Waals surface area contributed by atoms with E-state index in [9.17, 15) is 0 Å². The fraction of sp³-hybridized carbons (Fsp3) is 0. The van der Waals surface area contributed by atoms with Crippen LogP contribution in [0.4, 0.5) is 0 Å². The second-order valence-corrected chi connectivity index (χ2v) is 4.83. The number of hydrogen-bond donors (Lipinski definition) is 1. The van der Waals surface area contributed by atoms with Gasteiger partial charge in [-0.15, -0.1) is 0 Å². The van der Waals surface area contributed by atoms with Gasteiger partial charge in [-0.1, -0.05) is 0 Å². The summed E-state index contributed by atoms with van der Waals surface area (Å²) in [6.45, 7) is 0. The van der Waals surface area contributed by atoms with Gasteiger partial charge in [-0.2, -0.15) is 0 Å². The van der Waals surface area contributed by atoms with E-state index in [-0.39, 0.29) is 0 Å². The number of rotatable bonds is 0. The van der Waals surface area contributed by atoms with E-state index in [1.807, 2.05) is 30.3 Å². The Balaban J connectivity index is 2.28. The van der Waals surface area contributed by atoms with Crippen LogP contribution in [-0.4, -0.2) is 14.5 Å². The topological polar surface area (TPSA) is 0 Å². The van der Waals surface area contributed by atoms with E-state index >= 15 is 0 Å². The Kier molecular flexibility index (Phi) is 3.16. The van der Waals surface area contributed by atoms with Gasteiger partial charge in [0.25, 0.3) is 0 Å². The maximum absolute atomic E-state index is 4.34. The third-order valence-electron chi connectivity index (χ3n) is 1.76.